The van der Waals surface area contributed by atoms with Crippen LogP contribution in [0.15, 0.2) is 12.2 Å². The summed E-state index contributed by atoms with van der Waals surface area (Å²) in [7, 11) is 0. The zero-order valence-electron chi connectivity index (χ0n) is 9.19. The maximum Gasteiger partial charge on any atom is 0.248 e. The van der Waals surface area contributed by atoms with Gasteiger partial charge in [0, 0.05) is 6.54 Å². The van der Waals surface area contributed by atoms with Gasteiger partial charge in [0.2, 0.25) is 5.91 Å². The summed E-state index contributed by atoms with van der Waals surface area (Å²) < 4.78 is 5.18. The molecule has 0 aromatic heterocycles. The molecule has 0 radical (unpaired) electrons. The van der Waals surface area contributed by atoms with E-state index in [9.17, 15) is 4.79 Å². The summed E-state index contributed by atoms with van der Waals surface area (Å²) in [6, 6.07) is 0.00261. The Morgan fingerprint density at radius 1 is 1.67 bits per heavy atom. The fraction of sp³-hybridized carbons (Fsp3) is 0.727. The van der Waals surface area contributed by atoms with Gasteiger partial charge in [-0.05, 0) is 19.8 Å². The van der Waals surface area contributed by atoms with Gasteiger partial charge in [0.15, 0.2) is 0 Å². The average molecular weight is 213 g/mol. The summed E-state index contributed by atoms with van der Waals surface area (Å²) in [6.45, 7) is 3.30. The van der Waals surface area contributed by atoms with E-state index in [1.165, 1.54) is 0 Å². The molecule has 0 saturated carbocycles. The van der Waals surface area contributed by atoms with E-state index in [0.717, 1.165) is 19.4 Å². The Hall–Kier alpha value is -0.870. The first-order chi connectivity index (χ1) is 7.29. The van der Waals surface area contributed by atoms with Crippen LogP contribution in [-0.2, 0) is 9.53 Å². The first-order valence-electron chi connectivity index (χ1n) is 5.38. The molecule has 1 heterocycles. The van der Waals surface area contributed by atoms with Crippen molar-refractivity contribution in [1.29, 1.82) is 0 Å². The van der Waals surface area contributed by atoms with Crippen molar-refractivity contribution in [3.63, 3.8) is 0 Å². The van der Waals surface area contributed by atoms with E-state index in [1.807, 2.05) is 19.1 Å². The molecule has 0 spiro atoms. The largest absolute Gasteiger partial charge is 0.394 e. The second kappa shape index (κ2) is 6.58. The molecular formula is C11H19NO3. The van der Waals surface area contributed by atoms with E-state index >= 15 is 0 Å². The summed E-state index contributed by atoms with van der Waals surface area (Å²) in [5.74, 6) is -0.0175. The molecule has 1 N–H and O–H groups in total. The van der Waals surface area contributed by atoms with Crippen LogP contribution >= 0.6 is 0 Å². The third-order valence-electron chi connectivity index (χ3n) is 2.58. The molecule has 1 aliphatic rings. The number of hydrogen-bond donors (Lipinski definition) is 1. The lowest BCUT2D eigenvalue weighted by Crippen LogP contribution is -2.39. The zero-order valence-corrected chi connectivity index (χ0v) is 9.19. The Morgan fingerprint density at radius 2 is 2.47 bits per heavy atom. The molecule has 1 aliphatic heterocycles. The standard InChI is InChI=1S/C11H19NO3/c1-2-3-7-15-9-11(14)12-6-4-5-10(12)8-13/h2-3,10,13H,4-9H2,1H3/b3-2+/t10-/m0/s1. The van der Waals surface area contributed by atoms with E-state index in [1.54, 1.807) is 4.90 Å². The smallest absolute Gasteiger partial charge is 0.248 e. The van der Waals surface area contributed by atoms with Crippen molar-refractivity contribution in [3.8, 4) is 0 Å². The Bertz CT molecular complexity index is 228. The Labute approximate surface area is 90.5 Å². The summed E-state index contributed by atoms with van der Waals surface area (Å²) in [4.78, 5) is 13.4. The van der Waals surface area contributed by atoms with Crippen molar-refractivity contribution in [3.05, 3.63) is 12.2 Å². The van der Waals surface area contributed by atoms with E-state index in [4.69, 9.17) is 9.84 Å². The van der Waals surface area contributed by atoms with Crippen LogP contribution in [0.1, 0.15) is 19.8 Å². The third-order valence-corrected chi connectivity index (χ3v) is 2.58. The van der Waals surface area contributed by atoms with Crippen LogP contribution in [-0.4, -0.2) is 48.3 Å². The van der Waals surface area contributed by atoms with Gasteiger partial charge in [-0.15, -0.1) is 0 Å². The van der Waals surface area contributed by atoms with Gasteiger partial charge < -0.3 is 14.7 Å². The predicted molar refractivity (Wildman–Crippen MR) is 57.5 cm³/mol. The van der Waals surface area contributed by atoms with Crippen LogP contribution in [0.2, 0.25) is 0 Å². The molecule has 1 rings (SSSR count). The lowest BCUT2D eigenvalue weighted by atomic mass is 10.2. The highest BCUT2D eigenvalue weighted by atomic mass is 16.5. The van der Waals surface area contributed by atoms with Crippen molar-refractivity contribution in [2.45, 2.75) is 25.8 Å². The molecule has 0 unspecified atom stereocenters. The number of ether oxygens (including phenoxy) is 1. The maximum absolute atomic E-state index is 11.6. The number of carbonyl (C=O) groups excluding carboxylic acids is 1. The molecule has 15 heavy (non-hydrogen) atoms. The number of likely N-dealkylation sites (tertiary alicyclic amines) is 1. The van der Waals surface area contributed by atoms with Gasteiger partial charge in [-0.2, -0.15) is 0 Å². The molecule has 0 aromatic carbocycles. The number of hydrogen-bond acceptors (Lipinski definition) is 3. The number of rotatable bonds is 5. The summed E-state index contributed by atoms with van der Waals surface area (Å²) in [5.41, 5.74) is 0. The average Bonchev–Trinajstić information content (AvgIpc) is 2.72. The molecule has 4 nitrogen and oxygen atoms in total. The van der Waals surface area contributed by atoms with Gasteiger partial charge in [0.05, 0.1) is 19.3 Å². The highest BCUT2D eigenvalue weighted by molar-refractivity contribution is 5.78. The van der Waals surface area contributed by atoms with Gasteiger partial charge in [-0.3, -0.25) is 4.79 Å². The molecule has 1 atom stereocenters. The molecule has 0 aromatic rings. The summed E-state index contributed by atoms with van der Waals surface area (Å²) in [6.07, 6.45) is 5.63. The predicted octanol–water partition coefficient (Wildman–Crippen LogP) is 0.562. The van der Waals surface area contributed by atoms with Gasteiger partial charge in [0.25, 0.3) is 0 Å². The number of carbonyl (C=O) groups is 1. The van der Waals surface area contributed by atoms with Gasteiger partial charge in [0.1, 0.15) is 6.61 Å². The first kappa shape index (κ1) is 12.2. The van der Waals surface area contributed by atoms with Gasteiger partial charge in [-0.25, -0.2) is 0 Å². The SMILES string of the molecule is C/C=C/COCC(=O)N1CCC[C@H]1CO. The fourth-order valence-electron chi connectivity index (χ4n) is 1.75. The lowest BCUT2D eigenvalue weighted by molar-refractivity contribution is -0.137. The number of aliphatic hydroxyl groups excluding tert-OH is 1. The van der Waals surface area contributed by atoms with Crippen LogP contribution in [0.4, 0.5) is 0 Å². The highest BCUT2D eigenvalue weighted by Crippen LogP contribution is 2.16. The molecular weight excluding hydrogens is 194 g/mol. The van der Waals surface area contributed by atoms with E-state index in [2.05, 4.69) is 0 Å². The molecule has 0 bridgehead atoms. The normalized spacial score (nSPS) is 21.5. The van der Waals surface area contributed by atoms with Crippen molar-refractivity contribution < 1.29 is 14.6 Å². The van der Waals surface area contributed by atoms with Crippen LogP contribution in [0.5, 0.6) is 0 Å². The minimum atomic E-state index is -0.0175. The second-order valence-electron chi connectivity index (χ2n) is 3.65. The molecule has 1 amide bonds. The Kier molecular flexibility index (Phi) is 5.36. The molecule has 0 aliphatic carbocycles. The van der Waals surface area contributed by atoms with Crippen LogP contribution in [0.3, 0.4) is 0 Å². The molecule has 86 valence electrons. The van der Waals surface area contributed by atoms with Crippen LogP contribution in [0, 0.1) is 0 Å². The summed E-state index contributed by atoms with van der Waals surface area (Å²) >= 11 is 0. The number of amides is 1. The fourth-order valence-corrected chi connectivity index (χ4v) is 1.75. The highest BCUT2D eigenvalue weighted by Gasteiger charge is 2.27. The maximum atomic E-state index is 11.6. The van der Waals surface area contributed by atoms with Gasteiger partial charge >= 0.3 is 0 Å². The van der Waals surface area contributed by atoms with E-state index in [0.29, 0.717) is 6.61 Å². The van der Waals surface area contributed by atoms with E-state index in [-0.39, 0.29) is 25.2 Å². The number of allylic oxidation sites excluding steroid dienone is 1. The zero-order chi connectivity index (χ0) is 11.1. The molecule has 1 fully saturated rings. The lowest BCUT2D eigenvalue weighted by Gasteiger charge is -2.22. The third kappa shape index (κ3) is 3.64. The second-order valence-corrected chi connectivity index (χ2v) is 3.65. The van der Waals surface area contributed by atoms with Crippen molar-refractivity contribution in [2.24, 2.45) is 0 Å². The quantitative estimate of drug-likeness (QED) is 0.536. The topological polar surface area (TPSA) is 49.8 Å². The minimum Gasteiger partial charge on any atom is -0.394 e. The summed E-state index contributed by atoms with van der Waals surface area (Å²) in [5, 5.41) is 9.05. The number of aliphatic hydroxyl groups is 1. The van der Waals surface area contributed by atoms with E-state index < -0.39 is 0 Å². The van der Waals surface area contributed by atoms with Crippen molar-refractivity contribution >= 4 is 5.91 Å². The monoisotopic (exact) mass is 213 g/mol. The number of nitrogens with zero attached hydrogens (tertiary/aromatic N) is 1. The molecule has 1 saturated heterocycles. The van der Waals surface area contributed by atoms with Crippen molar-refractivity contribution in [1.82, 2.24) is 4.90 Å². The Morgan fingerprint density at radius 3 is 3.13 bits per heavy atom. The van der Waals surface area contributed by atoms with Crippen molar-refractivity contribution in [2.75, 3.05) is 26.4 Å². The minimum absolute atomic E-state index is 0.00261. The first-order valence-corrected chi connectivity index (χ1v) is 5.38. The van der Waals surface area contributed by atoms with Crippen LogP contribution < -0.4 is 0 Å². The van der Waals surface area contributed by atoms with Crippen LogP contribution in [0.25, 0.3) is 0 Å². The Balaban J connectivity index is 2.26. The van der Waals surface area contributed by atoms with Gasteiger partial charge in [-0.1, -0.05) is 12.2 Å². The molecule has 4 heteroatoms.